The molecule has 0 spiro atoms. The van der Waals surface area contributed by atoms with Crippen LogP contribution in [-0.2, 0) is 11.2 Å². The molecule has 28 heavy (non-hydrogen) atoms. The maximum atomic E-state index is 12.3. The van der Waals surface area contributed by atoms with E-state index in [4.69, 9.17) is 10.00 Å². The van der Waals surface area contributed by atoms with Crippen molar-refractivity contribution in [1.29, 1.82) is 5.26 Å². The molecule has 1 aromatic heterocycles. The summed E-state index contributed by atoms with van der Waals surface area (Å²) in [5.74, 6) is 0.693. The van der Waals surface area contributed by atoms with Gasteiger partial charge in [-0.05, 0) is 49.9 Å². The second-order valence-corrected chi connectivity index (χ2v) is 7.62. The zero-order valence-electron chi connectivity index (χ0n) is 15.9. The van der Waals surface area contributed by atoms with Gasteiger partial charge < -0.3 is 14.2 Å². The van der Waals surface area contributed by atoms with Crippen LogP contribution >= 0.6 is 0 Å². The average molecular weight is 377 g/mol. The Morgan fingerprint density at radius 2 is 1.93 bits per heavy atom. The van der Waals surface area contributed by atoms with Crippen LogP contribution in [0.2, 0.25) is 0 Å². The number of carbonyl (C=O) groups is 1. The Morgan fingerprint density at radius 1 is 1.21 bits per heavy atom. The lowest BCUT2D eigenvalue weighted by Crippen LogP contribution is -2.56. The zero-order chi connectivity index (χ0) is 19.7. The first-order valence-corrected chi connectivity index (χ1v) is 9.70. The van der Waals surface area contributed by atoms with E-state index in [1.807, 2.05) is 29.7 Å². The van der Waals surface area contributed by atoms with Crippen molar-refractivity contribution in [1.82, 2.24) is 9.47 Å². The molecule has 2 aliphatic rings. The smallest absolute Gasteiger partial charge is 0.254 e. The molecule has 0 unspecified atom stereocenters. The number of aromatic nitrogens is 1. The maximum absolute atomic E-state index is 12.3. The van der Waals surface area contributed by atoms with Crippen molar-refractivity contribution in [2.24, 2.45) is 0 Å². The molecule has 0 atom stereocenters. The summed E-state index contributed by atoms with van der Waals surface area (Å²) in [6.45, 7) is 3.04. The lowest BCUT2D eigenvalue weighted by atomic mass is 10.1. The average Bonchev–Trinajstić information content (AvgIpc) is 3.47. The molecule has 2 aromatic rings. The molecule has 6 heteroatoms. The summed E-state index contributed by atoms with van der Waals surface area (Å²) in [7, 11) is 0. The highest BCUT2D eigenvalue weighted by atomic mass is 16.5. The second kappa shape index (κ2) is 7.51. The number of ether oxygens (including phenoxy) is 1. The minimum Gasteiger partial charge on any atom is -0.486 e. The highest BCUT2D eigenvalue weighted by Crippen LogP contribution is 2.35. The molecule has 6 nitrogen and oxygen atoms in total. The fourth-order valence-corrected chi connectivity index (χ4v) is 3.61. The zero-order valence-corrected chi connectivity index (χ0v) is 15.9. The minimum atomic E-state index is -0.0607. The van der Waals surface area contributed by atoms with Gasteiger partial charge in [-0.2, -0.15) is 5.26 Å². The standard InChI is InChI=1S/C22H23N3O3/c1-15-10-19(11-22(27)25(15)18-7-8-18)28-20-13-24(14-20)21(26)9-6-16-2-4-17(12-23)5-3-16/h2-5,10-11,18,20H,6-9,13-14H2,1H3. The lowest BCUT2D eigenvalue weighted by Gasteiger charge is -2.39. The lowest BCUT2D eigenvalue weighted by molar-refractivity contribution is -0.139. The monoisotopic (exact) mass is 377 g/mol. The van der Waals surface area contributed by atoms with Crippen LogP contribution in [-0.4, -0.2) is 34.6 Å². The van der Waals surface area contributed by atoms with Gasteiger partial charge in [0.25, 0.3) is 5.56 Å². The van der Waals surface area contributed by atoms with E-state index in [0.29, 0.717) is 43.3 Å². The van der Waals surface area contributed by atoms with E-state index in [1.165, 1.54) is 0 Å². The number of nitrogens with zero attached hydrogens (tertiary/aromatic N) is 3. The Labute approximate surface area is 164 Å². The van der Waals surface area contributed by atoms with E-state index in [-0.39, 0.29) is 17.6 Å². The van der Waals surface area contributed by atoms with E-state index in [1.54, 1.807) is 23.1 Å². The normalized spacial score (nSPS) is 16.4. The molecule has 1 amide bonds. The molecule has 1 saturated heterocycles. The van der Waals surface area contributed by atoms with Gasteiger partial charge in [-0.15, -0.1) is 0 Å². The van der Waals surface area contributed by atoms with Crippen molar-refractivity contribution in [2.75, 3.05) is 13.1 Å². The van der Waals surface area contributed by atoms with Crippen LogP contribution in [0.1, 0.15) is 42.1 Å². The molecule has 1 aliphatic heterocycles. The van der Waals surface area contributed by atoms with Crippen LogP contribution in [0.5, 0.6) is 5.75 Å². The van der Waals surface area contributed by atoms with Crippen LogP contribution in [0, 0.1) is 18.3 Å². The SMILES string of the molecule is Cc1cc(OC2CN(C(=O)CCc3ccc(C#N)cc3)C2)cc(=O)n1C1CC1. The Balaban J connectivity index is 1.25. The van der Waals surface area contributed by atoms with Crippen molar-refractivity contribution < 1.29 is 9.53 Å². The molecular formula is C22H23N3O3. The van der Waals surface area contributed by atoms with Crippen molar-refractivity contribution in [3.63, 3.8) is 0 Å². The molecule has 144 valence electrons. The first-order chi connectivity index (χ1) is 13.5. The molecule has 2 heterocycles. The van der Waals surface area contributed by atoms with Crippen LogP contribution in [0.3, 0.4) is 0 Å². The fourth-order valence-electron chi connectivity index (χ4n) is 3.61. The van der Waals surface area contributed by atoms with Gasteiger partial charge in [0.2, 0.25) is 5.91 Å². The number of aryl methyl sites for hydroxylation is 2. The third-order valence-electron chi connectivity index (χ3n) is 5.36. The summed E-state index contributed by atoms with van der Waals surface area (Å²) in [5, 5.41) is 8.82. The number of amides is 1. The van der Waals surface area contributed by atoms with E-state index in [9.17, 15) is 9.59 Å². The van der Waals surface area contributed by atoms with E-state index >= 15 is 0 Å². The summed E-state index contributed by atoms with van der Waals surface area (Å²) in [4.78, 5) is 26.4. The molecule has 1 aliphatic carbocycles. The van der Waals surface area contributed by atoms with Crippen LogP contribution in [0.4, 0.5) is 0 Å². The summed E-state index contributed by atoms with van der Waals surface area (Å²) in [6.07, 6.45) is 3.18. The first-order valence-electron chi connectivity index (χ1n) is 9.70. The predicted octanol–water partition coefficient (Wildman–Crippen LogP) is 2.59. The Morgan fingerprint density at radius 3 is 2.54 bits per heavy atom. The number of nitriles is 1. The van der Waals surface area contributed by atoms with Gasteiger partial charge in [0.15, 0.2) is 0 Å². The van der Waals surface area contributed by atoms with Gasteiger partial charge >= 0.3 is 0 Å². The minimum absolute atomic E-state index is 0.00725. The quantitative estimate of drug-likeness (QED) is 0.775. The summed E-state index contributed by atoms with van der Waals surface area (Å²) in [6, 6.07) is 13.2. The summed E-state index contributed by atoms with van der Waals surface area (Å²) >= 11 is 0. The molecular weight excluding hydrogens is 354 g/mol. The molecule has 0 N–H and O–H groups in total. The largest absolute Gasteiger partial charge is 0.486 e. The van der Waals surface area contributed by atoms with Crippen LogP contribution in [0.15, 0.2) is 41.2 Å². The number of rotatable bonds is 6. The van der Waals surface area contributed by atoms with Gasteiger partial charge in [-0.25, -0.2) is 0 Å². The van der Waals surface area contributed by atoms with Crippen molar-refractivity contribution in [3.05, 3.63) is 63.6 Å². The van der Waals surface area contributed by atoms with Crippen molar-refractivity contribution in [3.8, 4) is 11.8 Å². The molecule has 0 bridgehead atoms. The van der Waals surface area contributed by atoms with Crippen LogP contribution < -0.4 is 10.3 Å². The first kappa shape index (κ1) is 18.3. The van der Waals surface area contributed by atoms with Gasteiger partial charge in [-0.3, -0.25) is 9.59 Å². The highest BCUT2D eigenvalue weighted by Gasteiger charge is 2.32. The van der Waals surface area contributed by atoms with E-state index < -0.39 is 0 Å². The topological polar surface area (TPSA) is 75.3 Å². The molecule has 0 radical (unpaired) electrons. The third kappa shape index (κ3) is 3.94. The summed E-state index contributed by atoms with van der Waals surface area (Å²) < 4.78 is 7.74. The fraction of sp³-hybridized carbons (Fsp3) is 0.409. The summed E-state index contributed by atoms with van der Waals surface area (Å²) in [5.41, 5.74) is 2.59. The molecule has 4 rings (SSSR count). The second-order valence-electron chi connectivity index (χ2n) is 7.62. The molecule has 1 saturated carbocycles. The van der Waals surface area contributed by atoms with Crippen molar-refractivity contribution >= 4 is 5.91 Å². The van der Waals surface area contributed by atoms with Gasteiger partial charge in [0.05, 0.1) is 24.7 Å². The Bertz CT molecular complexity index is 978. The number of pyridine rings is 1. The molecule has 1 aromatic carbocycles. The Kier molecular flexibility index (Phi) is 4.91. The van der Waals surface area contributed by atoms with Gasteiger partial charge in [0, 0.05) is 24.2 Å². The van der Waals surface area contributed by atoms with E-state index in [0.717, 1.165) is 24.1 Å². The van der Waals surface area contributed by atoms with E-state index in [2.05, 4.69) is 6.07 Å². The maximum Gasteiger partial charge on any atom is 0.254 e. The number of benzene rings is 1. The Hall–Kier alpha value is -3.07. The van der Waals surface area contributed by atoms with Gasteiger partial charge in [0.1, 0.15) is 11.9 Å². The van der Waals surface area contributed by atoms with Gasteiger partial charge in [-0.1, -0.05) is 12.1 Å². The van der Waals surface area contributed by atoms with Crippen molar-refractivity contribution in [2.45, 2.75) is 44.8 Å². The molecule has 2 fully saturated rings. The number of hydrogen-bond donors (Lipinski definition) is 0. The number of hydrogen-bond acceptors (Lipinski definition) is 4. The number of likely N-dealkylation sites (tertiary alicyclic amines) is 1. The third-order valence-corrected chi connectivity index (χ3v) is 5.36. The number of carbonyl (C=O) groups excluding carboxylic acids is 1. The van der Waals surface area contributed by atoms with Crippen LogP contribution in [0.25, 0.3) is 0 Å². The highest BCUT2D eigenvalue weighted by molar-refractivity contribution is 5.77. The predicted molar refractivity (Wildman–Crippen MR) is 104 cm³/mol.